The lowest BCUT2D eigenvalue weighted by Gasteiger charge is -2.18. The number of nitrogens with two attached hydrogens (primary N) is 1. The molecule has 0 rings (SSSR count). The minimum atomic E-state index is -1.72. The maximum atomic E-state index is 11.3. The lowest BCUT2D eigenvalue weighted by molar-refractivity contribution is -0.142. The second-order valence-corrected chi connectivity index (χ2v) is 4.96. The van der Waals surface area contributed by atoms with Gasteiger partial charge in [-0.3, -0.25) is 9.59 Å². The molecule has 0 fully saturated rings. The molecule has 0 saturated heterocycles. The average molecular weight is 271 g/mol. The van der Waals surface area contributed by atoms with Gasteiger partial charge in [-0.1, -0.05) is 23.2 Å². The molecule has 0 aliphatic carbocycles. The minimum Gasteiger partial charge on any atom is -0.480 e. The van der Waals surface area contributed by atoms with Gasteiger partial charge in [0.25, 0.3) is 5.91 Å². The molecule has 0 aromatic carbocycles. The number of halogens is 2. The van der Waals surface area contributed by atoms with E-state index in [1.54, 1.807) is 0 Å². The Morgan fingerprint density at radius 1 is 1.44 bits per heavy atom. The number of hydrogen-bond donors (Lipinski definition) is 3. The summed E-state index contributed by atoms with van der Waals surface area (Å²) in [7, 11) is 0. The van der Waals surface area contributed by atoms with E-state index in [2.05, 4.69) is 5.32 Å². The molecular weight excluding hydrogens is 259 g/mol. The highest BCUT2D eigenvalue weighted by Gasteiger charge is 2.31. The fourth-order valence-electron chi connectivity index (χ4n) is 0.829. The van der Waals surface area contributed by atoms with Gasteiger partial charge in [-0.25, -0.2) is 4.79 Å². The number of alkyl halides is 2. The second kappa shape index (κ2) is 5.91. The van der Waals surface area contributed by atoms with Gasteiger partial charge in [0.15, 0.2) is 4.33 Å². The zero-order chi connectivity index (χ0) is 12.9. The van der Waals surface area contributed by atoms with Crippen LogP contribution in [0.3, 0.4) is 0 Å². The van der Waals surface area contributed by atoms with Crippen molar-refractivity contribution in [2.45, 2.75) is 30.1 Å². The van der Waals surface area contributed by atoms with E-state index in [4.69, 9.17) is 34.0 Å². The van der Waals surface area contributed by atoms with Gasteiger partial charge in [-0.15, -0.1) is 0 Å². The van der Waals surface area contributed by atoms with E-state index in [1.807, 2.05) is 0 Å². The number of rotatable bonds is 6. The highest BCUT2D eigenvalue weighted by atomic mass is 35.5. The molecule has 0 aromatic rings. The molecule has 0 radical (unpaired) electrons. The first-order valence-electron chi connectivity index (χ1n) is 4.34. The van der Waals surface area contributed by atoms with Crippen LogP contribution in [0.1, 0.15) is 19.8 Å². The monoisotopic (exact) mass is 270 g/mol. The van der Waals surface area contributed by atoms with Crippen LogP contribution in [0.25, 0.3) is 0 Å². The molecule has 92 valence electrons. The highest BCUT2D eigenvalue weighted by Crippen LogP contribution is 2.19. The number of carboxylic acids is 1. The van der Waals surface area contributed by atoms with Crippen molar-refractivity contribution in [3.8, 4) is 0 Å². The van der Waals surface area contributed by atoms with Crippen molar-refractivity contribution in [1.29, 1.82) is 0 Å². The zero-order valence-electron chi connectivity index (χ0n) is 8.50. The van der Waals surface area contributed by atoms with Crippen molar-refractivity contribution in [2.75, 3.05) is 0 Å². The van der Waals surface area contributed by atoms with E-state index in [1.165, 1.54) is 6.92 Å². The van der Waals surface area contributed by atoms with Crippen molar-refractivity contribution in [3.63, 3.8) is 0 Å². The predicted octanol–water partition coefficient (Wildman–Crippen LogP) is 0.0151. The van der Waals surface area contributed by atoms with Gasteiger partial charge in [0, 0.05) is 6.42 Å². The van der Waals surface area contributed by atoms with Crippen molar-refractivity contribution in [3.05, 3.63) is 0 Å². The Labute approximate surface area is 102 Å². The topological polar surface area (TPSA) is 109 Å². The molecule has 1 unspecified atom stereocenters. The summed E-state index contributed by atoms with van der Waals surface area (Å²) in [5.41, 5.74) is 4.86. The summed E-state index contributed by atoms with van der Waals surface area (Å²) in [6.45, 7) is 1.21. The number of carbonyl (C=O) groups is 3. The summed E-state index contributed by atoms with van der Waals surface area (Å²) in [5.74, 6) is -2.78. The standard InChI is InChI=1S/C8H12Cl2N2O4/c1-8(9,10)7(16)12-4(6(14)15)2-3-5(11)13/h4H,2-3H2,1H3,(H2,11,13)(H,12,16)(H,14,15). The Morgan fingerprint density at radius 3 is 2.25 bits per heavy atom. The molecule has 16 heavy (non-hydrogen) atoms. The SMILES string of the molecule is CC(Cl)(Cl)C(=O)NC(CCC(N)=O)C(=O)O. The summed E-state index contributed by atoms with van der Waals surface area (Å²) in [4.78, 5) is 32.5. The number of aliphatic carboxylic acids is 1. The molecule has 4 N–H and O–H groups in total. The third-order valence-corrected chi connectivity index (χ3v) is 2.02. The number of carbonyl (C=O) groups excluding carboxylic acids is 2. The first kappa shape index (κ1) is 15.0. The molecule has 0 aliphatic rings. The fraction of sp³-hybridized carbons (Fsp3) is 0.625. The number of nitrogens with one attached hydrogen (secondary N) is 1. The zero-order valence-corrected chi connectivity index (χ0v) is 10.0. The lowest BCUT2D eigenvalue weighted by Crippen LogP contribution is -2.46. The van der Waals surface area contributed by atoms with Crippen LogP contribution in [0.5, 0.6) is 0 Å². The Bertz CT molecular complexity index is 301. The van der Waals surface area contributed by atoms with Gasteiger partial charge in [0.05, 0.1) is 0 Å². The summed E-state index contributed by atoms with van der Waals surface area (Å²) in [6.07, 6.45) is -0.265. The van der Waals surface area contributed by atoms with E-state index < -0.39 is 28.2 Å². The fourth-order valence-corrected chi connectivity index (χ4v) is 0.938. The summed E-state index contributed by atoms with van der Waals surface area (Å²) < 4.78 is -1.72. The van der Waals surface area contributed by atoms with Crippen LogP contribution >= 0.6 is 23.2 Å². The van der Waals surface area contributed by atoms with Crippen LogP contribution in [0.15, 0.2) is 0 Å². The van der Waals surface area contributed by atoms with Crippen LogP contribution in [0.4, 0.5) is 0 Å². The van der Waals surface area contributed by atoms with E-state index in [9.17, 15) is 14.4 Å². The van der Waals surface area contributed by atoms with Gasteiger partial charge in [-0.2, -0.15) is 0 Å². The largest absolute Gasteiger partial charge is 0.480 e. The second-order valence-electron chi connectivity index (χ2n) is 3.26. The maximum absolute atomic E-state index is 11.3. The Hall–Kier alpha value is -1.01. The third-order valence-electron chi connectivity index (χ3n) is 1.68. The molecule has 2 amide bonds. The van der Waals surface area contributed by atoms with Gasteiger partial charge in [0.2, 0.25) is 5.91 Å². The van der Waals surface area contributed by atoms with Crippen molar-refractivity contribution < 1.29 is 19.5 Å². The quantitative estimate of drug-likeness (QED) is 0.591. The van der Waals surface area contributed by atoms with Crippen LogP contribution in [0, 0.1) is 0 Å². The lowest BCUT2D eigenvalue weighted by atomic mass is 10.1. The first-order valence-corrected chi connectivity index (χ1v) is 5.10. The molecular formula is C8H12Cl2N2O4. The van der Waals surface area contributed by atoms with Crippen LogP contribution in [-0.4, -0.2) is 33.3 Å². The van der Waals surface area contributed by atoms with E-state index in [0.29, 0.717) is 0 Å². The van der Waals surface area contributed by atoms with Crippen LogP contribution < -0.4 is 11.1 Å². The minimum absolute atomic E-state index is 0.111. The first-order chi connectivity index (χ1) is 7.14. The number of hydrogen-bond acceptors (Lipinski definition) is 3. The molecule has 0 spiro atoms. The number of carboxylic acid groups (broad SMARTS) is 1. The smallest absolute Gasteiger partial charge is 0.326 e. The molecule has 0 aliphatic heterocycles. The number of amides is 2. The maximum Gasteiger partial charge on any atom is 0.326 e. The predicted molar refractivity (Wildman–Crippen MR) is 58.1 cm³/mol. The molecule has 0 aromatic heterocycles. The van der Waals surface area contributed by atoms with Crippen LogP contribution in [-0.2, 0) is 14.4 Å². The van der Waals surface area contributed by atoms with Gasteiger partial charge >= 0.3 is 5.97 Å². The molecule has 0 bridgehead atoms. The summed E-state index contributed by atoms with van der Waals surface area (Å²) in [6, 6.07) is -1.24. The Balaban J connectivity index is 4.41. The summed E-state index contributed by atoms with van der Waals surface area (Å²) in [5, 5.41) is 10.8. The van der Waals surface area contributed by atoms with Crippen LogP contribution in [0.2, 0.25) is 0 Å². The van der Waals surface area contributed by atoms with Crippen molar-refractivity contribution >= 4 is 41.0 Å². The van der Waals surface area contributed by atoms with Crippen molar-refractivity contribution in [1.82, 2.24) is 5.32 Å². The van der Waals surface area contributed by atoms with Gasteiger partial charge in [0.1, 0.15) is 6.04 Å². The van der Waals surface area contributed by atoms with E-state index in [-0.39, 0.29) is 12.8 Å². The molecule has 8 heteroatoms. The Morgan fingerprint density at radius 2 is 1.94 bits per heavy atom. The third kappa shape index (κ3) is 5.77. The van der Waals surface area contributed by atoms with Crippen molar-refractivity contribution in [2.24, 2.45) is 5.73 Å². The molecule has 1 atom stereocenters. The van der Waals surface area contributed by atoms with E-state index in [0.717, 1.165) is 0 Å². The molecule has 0 heterocycles. The Kier molecular flexibility index (Phi) is 5.53. The normalized spacial score (nSPS) is 12.9. The van der Waals surface area contributed by atoms with Gasteiger partial charge < -0.3 is 16.2 Å². The highest BCUT2D eigenvalue weighted by molar-refractivity contribution is 6.57. The van der Waals surface area contributed by atoms with E-state index >= 15 is 0 Å². The summed E-state index contributed by atoms with van der Waals surface area (Å²) >= 11 is 10.9. The molecule has 6 nitrogen and oxygen atoms in total. The molecule has 0 saturated carbocycles. The van der Waals surface area contributed by atoms with Gasteiger partial charge in [-0.05, 0) is 13.3 Å². The number of primary amides is 1. The average Bonchev–Trinajstić information content (AvgIpc) is 2.09.